The van der Waals surface area contributed by atoms with Gasteiger partial charge in [0, 0.05) is 11.7 Å². The lowest BCUT2D eigenvalue weighted by Crippen LogP contribution is -2.30. The molecular weight excluding hydrogens is 373 g/mol. The number of nitrogens with zero attached hydrogens (tertiary/aromatic N) is 2. The molecular formula is C21H22FN5O2. The standard InChI is InChI=1S/C21H22FN5O2/c1-13(2)24-20(29)16-5-3-4-6-18(16)26-19-17(22)11-23-21(27-19)25-15-9-7-14(12-28)8-10-15/h3-11,13,28H,12H2,1-2H3,(H,24,29)(H2,23,25,26,27). The molecule has 3 aromatic rings. The number of anilines is 4. The molecule has 1 heterocycles. The molecule has 0 radical (unpaired) electrons. The molecule has 2 aromatic carbocycles. The van der Waals surface area contributed by atoms with Gasteiger partial charge in [0.15, 0.2) is 11.6 Å². The topological polar surface area (TPSA) is 99.2 Å². The fraction of sp³-hybridized carbons (Fsp3) is 0.190. The molecule has 0 aliphatic rings. The maximum Gasteiger partial charge on any atom is 0.253 e. The molecule has 0 unspecified atom stereocenters. The van der Waals surface area contributed by atoms with Gasteiger partial charge in [0.1, 0.15) is 0 Å². The smallest absolute Gasteiger partial charge is 0.253 e. The minimum absolute atomic E-state index is 0.0284. The van der Waals surface area contributed by atoms with E-state index in [1.54, 1.807) is 48.5 Å². The van der Waals surface area contributed by atoms with E-state index in [0.717, 1.165) is 11.8 Å². The molecule has 0 bridgehead atoms. The lowest BCUT2D eigenvalue weighted by Gasteiger charge is -2.14. The first-order valence-corrected chi connectivity index (χ1v) is 9.12. The lowest BCUT2D eigenvalue weighted by molar-refractivity contribution is 0.0944. The minimum Gasteiger partial charge on any atom is -0.392 e. The second kappa shape index (κ2) is 9.11. The molecule has 0 saturated carbocycles. The fourth-order valence-electron chi connectivity index (χ4n) is 2.60. The summed E-state index contributed by atoms with van der Waals surface area (Å²) in [4.78, 5) is 20.5. The third kappa shape index (κ3) is 5.26. The highest BCUT2D eigenvalue weighted by atomic mass is 19.1. The summed E-state index contributed by atoms with van der Waals surface area (Å²) in [6.45, 7) is 3.68. The molecule has 0 atom stereocenters. The van der Waals surface area contributed by atoms with Crippen LogP contribution in [0.15, 0.2) is 54.7 Å². The highest BCUT2D eigenvalue weighted by Crippen LogP contribution is 2.23. The second-order valence-corrected chi connectivity index (χ2v) is 6.67. The molecule has 0 aliphatic heterocycles. The van der Waals surface area contributed by atoms with Gasteiger partial charge in [-0.3, -0.25) is 4.79 Å². The third-order valence-corrected chi connectivity index (χ3v) is 3.98. The van der Waals surface area contributed by atoms with E-state index in [9.17, 15) is 9.18 Å². The van der Waals surface area contributed by atoms with Crippen molar-refractivity contribution in [2.75, 3.05) is 10.6 Å². The maximum atomic E-state index is 14.3. The zero-order valence-corrected chi connectivity index (χ0v) is 16.1. The van der Waals surface area contributed by atoms with Crippen LogP contribution in [0, 0.1) is 5.82 Å². The summed E-state index contributed by atoms with van der Waals surface area (Å²) >= 11 is 0. The monoisotopic (exact) mass is 395 g/mol. The summed E-state index contributed by atoms with van der Waals surface area (Å²) in [5.74, 6) is -0.779. The zero-order valence-electron chi connectivity index (χ0n) is 16.1. The van der Waals surface area contributed by atoms with E-state index < -0.39 is 5.82 Å². The summed E-state index contributed by atoms with van der Waals surface area (Å²) < 4.78 is 14.3. The molecule has 0 spiro atoms. The number of aromatic nitrogens is 2. The summed E-state index contributed by atoms with van der Waals surface area (Å²) in [7, 11) is 0. The zero-order chi connectivity index (χ0) is 20.8. The Morgan fingerprint density at radius 2 is 1.83 bits per heavy atom. The third-order valence-electron chi connectivity index (χ3n) is 3.98. The number of para-hydroxylation sites is 1. The molecule has 8 heteroatoms. The van der Waals surface area contributed by atoms with Crippen molar-refractivity contribution in [3.05, 3.63) is 71.7 Å². The summed E-state index contributed by atoms with van der Waals surface area (Å²) in [5, 5.41) is 17.8. The molecule has 29 heavy (non-hydrogen) atoms. The van der Waals surface area contributed by atoms with Crippen molar-refractivity contribution in [2.24, 2.45) is 0 Å². The van der Waals surface area contributed by atoms with E-state index in [2.05, 4.69) is 25.9 Å². The van der Waals surface area contributed by atoms with Crippen LogP contribution in [0.2, 0.25) is 0 Å². The Balaban J connectivity index is 1.83. The van der Waals surface area contributed by atoms with Crippen LogP contribution in [0.3, 0.4) is 0 Å². The van der Waals surface area contributed by atoms with Crippen molar-refractivity contribution < 1.29 is 14.3 Å². The number of nitrogens with one attached hydrogen (secondary N) is 3. The molecule has 7 nitrogen and oxygen atoms in total. The first kappa shape index (κ1) is 20.2. The highest BCUT2D eigenvalue weighted by molar-refractivity contribution is 6.00. The van der Waals surface area contributed by atoms with Crippen molar-refractivity contribution in [1.82, 2.24) is 15.3 Å². The molecule has 3 rings (SSSR count). The Morgan fingerprint density at radius 1 is 1.10 bits per heavy atom. The number of aliphatic hydroxyl groups is 1. The molecule has 0 aliphatic carbocycles. The van der Waals surface area contributed by atoms with Crippen molar-refractivity contribution in [3.8, 4) is 0 Å². The largest absolute Gasteiger partial charge is 0.392 e. The SMILES string of the molecule is CC(C)NC(=O)c1ccccc1Nc1nc(Nc2ccc(CO)cc2)ncc1F. The second-order valence-electron chi connectivity index (χ2n) is 6.67. The van der Waals surface area contributed by atoms with Gasteiger partial charge in [-0.2, -0.15) is 4.98 Å². The van der Waals surface area contributed by atoms with E-state index in [4.69, 9.17) is 5.11 Å². The highest BCUT2D eigenvalue weighted by Gasteiger charge is 2.14. The van der Waals surface area contributed by atoms with E-state index in [-0.39, 0.29) is 30.3 Å². The Labute approximate surface area is 168 Å². The van der Waals surface area contributed by atoms with E-state index in [1.165, 1.54) is 0 Å². The van der Waals surface area contributed by atoms with Crippen molar-refractivity contribution in [2.45, 2.75) is 26.5 Å². The van der Waals surface area contributed by atoms with Crippen LogP contribution in [0.25, 0.3) is 0 Å². The first-order chi connectivity index (χ1) is 14.0. The number of hydrogen-bond acceptors (Lipinski definition) is 6. The minimum atomic E-state index is -0.648. The molecule has 0 saturated heterocycles. The van der Waals surface area contributed by atoms with Gasteiger partial charge in [0.05, 0.1) is 24.1 Å². The molecule has 150 valence electrons. The van der Waals surface area contributed by atoms with Gasteiger partial charge in [-0.15, -0.1) is 0 Å². The molecule has 0 fully saturated rings. The van der Waals surface area contributed by atoms with Crippen molar-refractivity contribution in [3.63, 3.8) is 0 Å². The van der Waals surface area contributed by atoms with Crippen LogP contribution in [0.4, 0.5) is 27.5 Å². The summed E-state index contributed by atoms with van der Waals surface area (Å²) in [6.07, 6.45) is 1.05. The fourth-order valence-corrected chi connectivity index (χ4v) is 2.60. The molecule has 1 amide bonds. The van der Waals surface area contributed by atoms with Gasteiger partial charge < -0.3 is 21.1 Å². The van der Waals surface area contributed by atoms with Crippen LogP contribution < -0.4 is 16.0 Å². The molecule has 4 N–H and O–H groups in total. The van der Waals surface area contributed by atoms with Crippen LogP contribution in [-0.4, -0.2) is 27.0 Å². The number of benzene rings is 2. The van der Waals surface area contributed by atoms with Gasteiger partial charge >= 0.3 is 0 Å². The Kier molecular flexibility index (Phi) is 6.36. The number of carbonyl (C=O) groups is 1. The van der Waals surface area contributed by atoms with Crippen LogP contribution in [-0.2, 0) is 6.61 Å². The summed E-state index contributed by atoms with van der Waals surface area (Å²) in [6, 6.07) is 13.8. The number of hydrogen-bond donors (Lipinski definition) is 4. The Hall–Kier alpha value is -3.52. The van der Waals surface area contributed by atoms with E-state index >= 15 is 0 Å². The van der Waals surface area contributed by atoms with Gasteiger partial charge in [0.2, 0.25) is 5.95 Å². The van der Waals surface area contributed by atoms with Crippen LogP contribution >= 0.6 is 0 Å². The average molecular weight is 395 g/mol. The first-order valence-electron chi connectivity index (χ1n) is 9.12. The lowest BCUT2D eigenvalue weighted by atomic mass is 10.1. The van der Waals surface area contributed by atoms with Crippen molar-refractivity contribution in [1.29, 1.82) is 0 Å². The van der Waals surface area contributed by atoms with Crippen molar-refractivity contribution >= 4 is 29.0 Å². The number of halogens is 1. The quantitative estimate of drug-likeness (QED) is 0.487. The van der Waals surface area contributed by atoms with E-state index in [0.29, 0.717) is 16.9 Å². The number of carbonyl (C=O) groups excluding carboxylic acids is 1. The van der Waals surface area contributed by atoms with Gasteiger partial charge in [-0.1, -0.05) is 24.3 Å². The normalized spacial score (nSPS) is 10.7. The molecule has 1 aromatic heterocycles. The van der Waals surface area contributed by atoms with Crippen LogP contribution in [0.5, 0.6) is 0 Å². The van der Waals surface area contributed by atoms with Gasteiger partial charge in [-0.05, 0) is 43.7 Å². The number of amides is 1. The Morgan fingerprint density at radius 3 is 2.52 bits per heavy atom. The predicted molar refractivity (Wildman–Crippen MR) is 110 cm³/mol. The number of rotatable bonds is 7. The van der Waals surface area contributed by atoms with Crippen LogP contribution in [0.1, 0.15) is 29.8 Å². The maximum absolute atomic E-state index is 14.3. The van der Waals surface area contributed by atoms with E-state index in [1.807, 2.05) is 13.8 Å². The van der Waals surface area contributed by atoms with Gasteiger partial charge in [0.25, 0.3) is 5.91 Å². The predicted octanol–water partition coefficient (Wildman–Crippen LogP) is 3.73. The van der Waals surface area contributed by atoms with Gasteiger partial charge in [-0.25, -0.2) is 9.37 Å². The number of aliphatic hydroxyl groups excluding tert-OH is 1. The summed E-state index contributed by atoms with van der Waals surface area (Å²) in [5.41, 5.74) is 2.28. The Bertz CT molecular complexity index is 993. The average Bonchev–Trinajstić information content (AvgIpc) is 2.71.